The second kappa shape index (κ2) is 21.9. The van der Waals surface area contributed by atoms with Gasteiger partial charge in [0.2, 0.25) is 0 Å². The summed E-state index contributed by atoms with van der Waals surface area (Å²) in [6.07, 6.45) is 2.57. The molecule has 0 spiro atoms. The van der Waals surface area contributed by atoms with E-state index in [-0.39, 0.29) is 45.5 Å². The fourth-order valence-electron chi connectivity index (χ4n) is 6.46. The summed E-state index contributed by atoms with van der Waals surface area (Å²) in [5.41, 5.74) is 6.29. The zero-order chi connectivity index (χ0) is 45.1. The molecule has 6 rings (SSSR count). The molecule has 0 bridgehead atoms. The number of halogens is 6. The average molecular weight is 906 g/mol. The minimum absolute atomic E-state index is 0.0532. The molecule has 2 unspecified atom stereocenters. The number of rotatable bonds is 8. The van der Waals surface area contributed by atoms with Crippen LogP contribution in [0.1, 0.15) is 112 Å². The fourth-order valence-corrected chi connectivity index (χ4v) is 6.46. The second-order valence-electron chi connectivity index (χ2n) is 16.5. The first kappa shape index (κ1) is 48.9. The predicted octanol–water partition coefficient (Wildman–Crippen LogP) is 15.1. The number of nitrogens with zero attached hydrogens (tertiary/aromatic N) is 2. The van der Waals surface area contributed by atoms with E-state index in [1.54, 1.807) is 24.3 Å². The monoisotopic (exact) mass is 904 g/mol. The SMILES string of the molecule is CC(c1ccc(C(C)(C)C)cc1)c1cccc(C=Nc2c(F)cccc2F)c1O.CC(c1ccc(C(C)(C)C)cc1)c1cccc(C=Nc2c(F)cccc2F)c1O.[Cl][Ti][Cl]. The van der Waals surface area contributed by atoms with Crippen LogP contribution < -0.4 is 0 Å². The first-order valence-corrected chi connectivity index (χ1v) is 23.8. The number of benzene rings is 6. The van der Waals surface area contributed by atoms with Crippen molar-refractivity contribution in [3.05, 3.63) is 189 Å². The maximum absolute atomic E-state index is 13.8. The van der Waals surface area contributed by atoms with Gasteiger partial charge in [-0.3, -0.25) is 0 Å². The number of aliphatic imine (C=N–C) groups is 2. The van der Waals surface area contributed by atoms with Gasteiger partial charge >= 0.3 is 35.6 Å². The molecule has 318 valence electrons. The van der Waals surface area contributed by atoms with E-state index in [2.05, 4.69) is 100 Å². The average Bonchev–Trinajstić information content (AvgIpc) is 3.21. The molecule has 0 amide bonds. The maximum atomic E-state index is 13.8. The van der Waals surface area contributed by atoms with E-state index in [9.17, 15) is 27.8 Å². The van der Waals surface area contributed by atoms with Crippen LogP contribution in [0.25, 0.3) is 0 Å². The number of phenols is 2. The molecule has 2 atom stereocenters. The van der Waals surface area contributed by atoms with Crippen molar-refractivity contribution in [1.82, 2.24) is 0 Å². The molecule has 0 heterocycles. The molecule has 6 aromatic rings. The fraction of sp³-hybridized carbons (Fsp3) is 0.240. The number of phenolic OH excluding ortho intramolecular Hbond substituents is 2. The van der Waals surface area contributed by atoms with Gasteiger partial charge in [-0.25, -0.2) is 27.5 Å². The molecule has 61 heavy (non-hydrogen) atoms. The topological polar surface area (TPSA) is 65.2 Å². The van der Waals surface area contributed by atoms with Crippen molar-refractivity contribution >= 4 is 42.4 Å². The summed E-state index contributed by atoms with van der Waals surface area (Å²) in [7, 11) is 9.78. The molecule has 6 aromatic carbocycles. The normalized spacial score (nSPS) is 12.6. The summed E-state index contributed by atoms with van der Waals surface area (Å²) in [6.45, 7) is 17.0. The zero-order valence-corrected chi connectivity index (χ0v) is 38.5. The predicted molar refractivity (Wildman–Crippen MR) is 240 cm³/mol. The van der Waals surface area contributed by atoms with Crippen molar-refractivity contribution in [3.8, 4) is 11.5 Å². The second-order valence-corrected chi connectivity index (χ2v) is 19.1. The third kappa shape index (κ3) is 13.1. The molecule has 0 aliphatic heterocycles. The van der Waals surface area contributed by atoms with Crippen LogP contribution in [0, 0.1) is 23.3 Å². The molecule has 4 nitrogen and oxygen atoms in total. The number of hydrogen-bond acceptors (Lipinski definition) is 4. The van der Waals surface area contributed by atoms with Gasteiger partial charge in [-0.05, 0) is 69.5 Å². The van der Waals surface area contributed by atoms with Crippen LogP contribution in [-0.2, 0) is 27.9 Å². The number of para-hydroxylation sites is 4. The third-order valence-electron chi connectivity index (χ3n) is 10.2. The van der Waals surface area contributed by atoms with Crippen molar-refractivity contribution in [1.29, 1.82) is 0 Å². The van der Waals surface area contributed by atoms with Gasteiger partial charge in [-0.1, -0.05) is 140 Å². The molecular formula is C50H50Cl2F4N2O2Ti. The summed E-state index contributed by atoms with van der Waals surface area (Å²) in [4.78, 5) is 7.83. The van der Waals surface area contributed by atoms with Crippen molar-refractivity contribution < 1.29 is 44.8 Å². The first-order valence-electron chi connectivity index (χ1n) is 19.6. The van der Waals surface area contributed by atoms with Crippen LogP contribution in [-0.4, -0.2) is 22.6 Å². The molecule has 2 N–H and O–H groups in total. The van der Waals surface area contributed by atoms with Crippen molar-refractivity contribution in [3.63, 3.8) is 0 Å². The van der Waals surface area contributed by atoms with Gasteiger partial charge in [0.05, 0.1) is 0 Å². The Kier molecular flexibility index (Phi) is 17.5. The van der Waals surface area contributed by atoms with E-state index in [4.69, 9.17) is 18.6 Å². The van der Waals surface area contributed by atoms with E-state index >= 15 is 0 Å². The molecule has 0 saturated heterocycles. The molecule has 0 aromatic heterocycles. The van der Waals surface area contributed by atoms with Gasteiger partial charge in [0, 0.05) is 46.5 Å². The molecule has 0 fully saturated rings. The van der Waals surface area contributed by atoms with Crippen LogP contribution in [0.15, 0.2) is 131 Å². The Labute approximate surface area is 373 Å². The Morgan fingerprint density at radius 2 is 0.770 bits per heavy atom. The van der Waals surface area contributed by atoms with Crippen LogP contribution in [0.2, 0.25) is 0 Å². The van der Waals surface area contributed by atoms with Gasteiger partial charge in [0.15, 0.2) is 23.3 Å². The summed E-state index contributed by atoms with van der Waals surface area (Å²) >= 11 is -0.556. The van der Waals surface area contributed by atoms with E-state index < -0.39 is 40.3 Å². The Morgan fingerprint density at radius 3 is 1.05 bits per heavy atom. The first-order chi connectivity index (χ1) is 28.8. The Balaban J connectivity index is 0.000000252. The molecule has 0 aliphatic rings. The quantitative estimate of drug-likeness (QED) is 0.0908. The zero-order valence-electron chi connectivity index (χ0n) is 35.4. The standard InChI is InChI=1S/2C25H25F2NO.2ClH.Ti/c2*1-16(17-11-13-19(14-12-17)25(2,3)4)20-8-5-7-18(24(20)29)15-28-23-21(26)9-6-10-22(23)27;;;/h2*5-16,29H,1-4H3;2*1H;/q;;;;+2/p-2. The Morgan fingerprint density at radius 1 is 0.492 bits per heavy atom. The van der Waals surface area contributed by atoms with E-state index in [0.717, 1.165) is 46.5 Å². The minimum atomic E-state index is -0.746. The molecular weight excluding hydrogens is 855 g/mol. The summed E-state index contributed by atoms with van der Waals surface area (Å²) < 4.78 is 55.1. The Hall–Kier alpha value is -4.73. The van der Waals surface area contributed by atoms with Crippen LogP contribution in [0.3, 0.4) is 0 Å². The summed E-state index contributed by atoms with van der Waals surface area (Å²) in [6, 6.07) is 34.5. The van der Waals surface area contributed by atoms with Gasteiger partial charge < -0.3 is 10.2 Å². The molecule has 0 saturated carbocycles. The van der Waals surface area contributed by atoms with Crippen LogP contribution in [0.5, 0.6) is 11.5 Å². The number of hydrogen-bond donors (Lipinski definition) is 2. The van der Waals surface area contributed by atoms with E-state index in [1.165, 1.54) is 35.7 Å². The van der Waals surface area contributed by atoms with E-state index in [0.29, 0.717) is 11.1 Å². The van der Waals surface area contributed by atoms with Crippen molar-refractivity contribution in [2.24, 2.45) is 9.98 Å². The third-order valence-corrected chi connectivity index (χ3v) is 10.2. The number of aromatic hydroxyl groups is 2. The van der Waals surface area contributed by atoms with Crippen molar-refractivity contribution in [2.45, 2.75) is 78.1 Å². The molecule has 11 heteroatoms. The molecule has 0 aliphatic carbocycles. The van der Waals surface area contributed by atoms with Crippen LogP contribution >= 0.6 is 18.6 Å². The van der Waals surface area contributed by atoms with Gasteiger partial charge in [-0.15, -0.1) is 0 Å². The summed E-state index contributed by atoms with van der Waals surface area (Å²) in [5, 5.41) is 21.5. The van der Waals surface area contributed by atoms with E-state index in [1.807, 2.05) is 26.0 Å². The summed E-state index contributed by atoms with van der Waals surface area (Å²) in [5.74, 6) is -2.98. The van der Waals surface area contributed by atoms with Gasteiger partial charge in [-0.2, -0.15) is 0 Å². The molecule has 0 radical (unpaired) electrons. The van der Waals surface area contributed by atoms with Crippen LogP contribution in [0.4, 0.5) is 28.9 Å². The van der Waals surface area contributed by atoms with Gasteiger partial charge in [0.25, 0.3) is 0 Å². The van der Waals surface area contributed by atoms with Crippen molar-refractivity contribution in [2.75, 3.05) is 0 Å². The van der Waals surface area contributed by atoms with Gasteiger partial charge in [0.1, 0.15) is 22.9 Å². The Bertz CT molecular complexity index is 2240.